The fraction of sp³-hybridized carbons (Fsp3) is 0.375. The van der Waals surface area contributed by atoms with E-state index in [1.54, 1.807) is 0 Å². The molecule has 0 aliphatic rings. The molecule has 2 rings (SSSR count). The Bertz CT molecular complexity index is 293. The fourth-order valence-corrected chi connectivity index (χ4v) is 1.74. The molecule has 0 aliphatic heterocycles. The smallest absolute Gasteiger partial charge is 0.213 e. The van der Waals surface area contributed by atoms with Crippen molar-refractivity contribution in [2.75, 3.05) is 0 Å². The average molecular weight is 266 g/mol. The van der Waals surface area contributed by atoms with Crippen molar-refractivity contribution in [3.05, 3.63) is 59.7 Å². The van der Waals surface area contributed by atoms with Crippen molar-refractivity contribution >= 4 is 0 Å². The quantitative estimate of drug-likeness (QED) is 0.703. The number of hydrogen-bond acceptors (Lipinski definition) is 0. The standard InChI is InChI=1S/2C8H11.Cr/c2*1-2-5-8-6-3-4-7-8;/h2*3-4,6-7H,2,5H2,1H3;/q2*-1;+2. The van der Waals surface area contributed by atoms with Gasteiger partial charge in [-0.2, -0.15) is 35.4 Å². The van der Waals surface area contributed by atoms with Gasteiger partial charge < -0.3 is 0 Å². The number of hydrogen-bond donors (Lipinski definition) is 0. The van der Waals surface area contributed by atoms with E-state index in [0.29, 0.717) is 0 Å². The van der Waals surface area contributed by atoms with Gasteiger partial charge in [-0.05, 0) is 0 Å². The first kappa shape index (κ1) is 16.2. The largest absolute Gasteiger partial charge is 2.00 e. The second kappa shape index (κ2) is 10.4. The average Bonchev–Trinajstić information content (AvgIpc) is 2.92. The Morgan fingerprint density at radius 3 is 1.18 bits per heavy atom. The summed E-state index contributed by atoms with van der Waals surface area (Å²) in [7, 11) is 0. The van der Waals surface area contributed by atoms with Crippen molar-refractivity contribution in [2.24, 2.45) is 0 Å². The maximum absolute atomic E-state index is 2.20. The zero-order valence-corrected chi connectivity index (χ0v) is 12.1. The summed E-state index contributed by atoms with van der Waals surface area (Å²) in [5.41, 5.74) is 2.93. The van der Waals surface area contributed by atoms with E-state index in [-0.39, 0.29) is 17.4 Å². The van der Waals surface area contributed by atoms with Crippen LogP contribution in [0, 0.1) is 0 Å². The molecule has 0 bridgehead atoms. The summed E-state index contributed by atoms with van der Waals surface area (Å²) in [6, 6.07) is 17.0. The van der Waals surface area contributed by atoms with Crippen molar-refractivity contribution < 1.29 is 17.4 Å². The van der Waals surface area contributed by atoms with Crippen LogP contribution in [0.3, 0.4) is 0 Å². The normalized spacial score (nSPS) is 9.06. The van der Waals surface area contributed by atoms with Crippen LogP contribution < -0.4 is 0 Å². The molecule has 0 N–H and O–H groups in total. The van der Waals surface area contributed by atoms with E-state index in [0.717, 1.165) is 0 Å². The van der Waals surface area contributed by atoms with Crippen LogP contribution in [0.5, 0.6) is 0 Å². The van der Waals surface area contributed by atoms with Gasteiger partial charge in [0.2, 0.25) is 0 Å². The Morgan fingerprint density at radius 2 is 0.941 bits per heavy atom. The minimum atomic E-state index is 0. The van der Waals surface area contributed by atoms with Gasteiger partial charge >= 0.3 is 17.4 Å². The zero-order chi connectivity index (χ0) is 11.6. The van der Waals surface area contributed by atoms with Crippen LogP contribution >= 0.6 is 0 Å². The minimum Gasteiger partial charge on any atom is -0.213 e. The first-order valence-corrected chi connectivity index (χ1v) is 6.28. The summed E-state index contributed by atoms with van der Waals surface area (Å²) in [6.45, 7) is 4.40. The molecule has 17 heavy (non-hydrogen) atoms. The van der Waals surface area contributed by atoms with Gasteiger partial charge in [-0.3, -0.25) is 0 Å². The summed E-state index contributed by atoms with van der Waals surface area (Å²) in [5.74, 6) is 0. The van der Waals surface area contributed by atoms with Crippen LogP contribution in [0.15, 0.2) is 48.5 Å². The Balaban J connectivity index is 0.000000284. The molecule has 0 unspecified atom stereocenters. The maximum atomic E-state index is 2.20. The molecule has 0 fully saturated rings. The number of rotatable bonds is 4. The van der Waals surface area contributed by atoms with E-state index in [9.17, 15) is 0 Å². The number of aryl methyl sites for hydroxylation is 2. The molecule has 0 nitrogen and oxygen atoms in total. The molecule has 0 atom stereocenters. The molecule has 0 aromatic heterocycles. The van der Waals surface area contributed by atoms with E-state index in [4.69, 9.17) is 0 Å². The van der Waals surface area contributed by atoms with Crippen LogP contribution in [0.4, 0.5) is 0 Å². The van der Waals surface area contributed by atoms with E-state index < -0.39 is 0 Å². The first-order valence-electron chi connectivity index (χ1n) is 6.28. The first-order chi connectivity index (χ1) is 7.86. The Kier molecular flexibility index (Phi) is 9.92. The zero-order valence-electron chi connectivity index (χ0n) is 10.9. The van der Waals surface area contributed by atoms with Gasteiger partial charge in [-0.25, -0.2) is 24.3 Å². The molecule has 0 spiro atoms. The summed E-state index contributed by atoms with van der Waals surface area (Å²) in [6.07, 6.45) is 4.97. The molecule has 0 radical (unpaired) electrons. The second-order valence-electron chi connectivity index (χ2n) is 4.09. The van der Waals surface area contributed by atoms with Crippen LogP contribution in [0.25, 0.3) is 0 Å². The molecule has 92 valence electrons. The van der Waals surface area contributed by atoms with Crippen LogP contribution in [-0.2, 0) is 30.2 Å². The molecular weight excluding hydrogens is 244 g/mol. The van der Waals surface area contributed by atoms with Crippen molar-refractivity contribution in [2.45, 2.75) is 39.5 Å². The van der Waals surface area contributed by atoms with Crippen molar-refractivity contribution in [1.29, 1.82) is 0 Å². The van der Waals surface area contributed by atoms with E-state index >= 15 is 0 Å². The van der Waals surface area contributed by atoms with Gasteiger partial charge in [0.25, 0.3) is 0 Å². The third kappa shape index (κ3) is 7.21. The van der Waals surface area contributed by atoms with Crippen LogP contribution in [-0.4, -0.2) is 0 Å². The van der Waals surface area contributed by atoms with Gasteiger partial charge in [-0.15, -0.1) is 0 Å². The van der Waals surface area contributed by atoms with E-state index in [1.807, 2.05) is 0 Å². The Hall–Kier alpha value is -0.768. The van der Waals surface area contributed by atoms with Crippen molar-refractivity contribution in [3.63, 3.8) is 0 Å². The molecule has 2 aromatic rings. The summed E-state index contributed by atoms with van der Waals surface area (Å²) in [4.78, 5) is 0. The van der Waals surface area contributed by atoms with E-state index in [1.165, 1.54) is 36.8 Å². The third-order valence-corrected chi connectivity index (χ3v) is 2.54. The predicted molar refractivity (Wildman–Crippen MR) is 72.1 cm³/mol. The van der Waals surface area contributed by atoms with Gasteiger partial charge in [-0.1, -0.05) is 39.5 Å². The SMILES string of the molecule is CCC[c-]1cccc1.CCC[c-]1cccc1.[Cr+2]. The summed E-state index contributed by atoms with van der Waals surface area (Å²) in [5, 5.41) is 0. The molecule has 0 saturated carbocycles. The Labute approximate surface area is 117 Å². The second-order valence-corrected chi connectivity index (χ2v) is 4.09. The third-order valence-electron chi connectivity index (χ3n) is 2.54. The van der Waals surface area contributed by atoms with Gasteiger partial charge in [0.05, 0.1) is 0 Å². The van der Waals surface area contributed by atoms with Gasteiger partial charge in [0, 0.05) is 0 Å². The van der Waals surface area contributed by atoms with Gasteiger partial charge in [0.1, 0.15) is 0 Å². The van der Waals surface area contributed by atoms with E-state index in [2.05, 4.69) is 62.4 Å². The topological polar surface area (TPSA) is 0 Å². The maximum Gasteiger partial charge on any atom is 2.00 e. The molecular formula is C16H22Cr. The predicted octanol–water partition coefficient (Wildman–Crippen LogP) is 4.71. The molecule has 0 saturated heterocycles. The molecule has 0 heterocycles. The fourth-order valence-electron chi connectivity index (χ4n) is 1.74. The molecule has 2 aromatic carbocycles. The van der Waals surface area contributed by atoms with Crippen molar-refractivity contribution in [3.8, 4) is 0 Å². The minimum absolute atomic E-state index is 0. The summed E-state index contributed by atoms with van der Waals surface area (Å²) >= 11 is 0. The Morgan fingerprint density at radius 1 is 0.647 bits per heavy atom. The molecule has 0 amide bonds. The van der Waals surface area contributed by atoms with Gasteiger partial charge in [0.15, 0.2) is 0 Å². The van der Waals surface area contributed by atoms with Crippen LogP contribution in [0.1, 0.15) is 37.8 Å². The monoisotopic (exact) mass is 266 g/mol. The van der Waals surface area contributed by atoms with Crippen molar-refractivity contribution in [1.82, 2.24) is 0 Å². The summed E-state index contributed by atoms with van der Waals surface area (Å²) < 4.78 is 0. The van der Waals surface area contributed by atoms with Crippen LogP contribution in [0.2, 0.25) is 0 Å². The molecule has 1 heteroatoms. The molecule has 0 aliphatic carbocycles.